The van der Waals surface area contributed by atoms with Gasteiger partial charge in [0.05, 0.1) is 26.4 Å². The van der Waals surface area contributed by atoms with Gasteiger partial charge in [-0.1, -0.05) is 269 Å². The molecule has 0 saturated carbocycles. The van der Waals surface area contributed by atoms with Crippen molar-refractivity contribution in [3.8, 4) is 0 Å². The third-order valence-electron chi connectivity index (χ3n) is 14.4. The van der Waals surface area contributed by atoms with E-state index >= 15 is 0 Å². The molecule has 0 aromatic carbocycles. The van der Waals surface area contributed by atoms with E-state index in [1.807, 2.05) is 0 Å². The van der Waals surface area contributed by atoms with Crippen molar-refractivity contribution in [2.45, 2.75) is 322 Å². The lowest BCUT2D eigenvalue weighted by atomic mass is 10.0. The third-order valence-corrected chi connectivity index (χ3v) is 16.3. The summed E-state index contributed by atoms with van der Waals surface area (Å²) in [5, 5.41) is 20.5. The minimum absolute atomic E-state index is 0.114. The molecule has 0 fully saturated rings. The van der Waals surface area contributed by atoms with Crippen molar-refractivity contribution >= 4 is 33.6 Å². The number of aliphatic hydroxyl groups excluding tert-OH is 2. The van der Waals surface area contributed by atoms with Crippen molar-refractivity contribution in [2.24, 2.45) is 0 Å². The van der Waals surface area contributed by atoms with Crippen molar-refractivity contribution in [1.82, 2.24) is 0 Å². The maximum Gasteiger partial charge on any atom is 0.472 e. The number of hydrogen-bond acceptors (Lipinski definition) is 14. The summed E-state index contributed by atoms with van der Waals surface area (Å²) in [6, 6.07) is 0. The van der Waals surface area contributed by atoms with E-state index in [1.54, 1.807) is 0 Å². The zero-order valence-corrected chi connectivity index (χ0v) is 54.4. The number of carbonyl (C=O) groups excluding carboxylic acids is 3. The van der Waals surface area contributed by atoms with Crippen LogP contribution in [0.4, 0.5) is 0 Å². The number of aliphatic hydroxyl groups is 2. The molecule has 16 nitrogen and oxygen atoms in total. The number of esters is 3. The summed E-state index contributed by atoms with van der Waals surface area (Å²) in [6.45, 7) is 2.60. The quantitative estimate of drug-likeness (QED) is 0.0146. The molecule has 0 aliphatic rings. The zero-order valence-electron chi connectivity index (χ0n) is 52.6. The van der Waals surface area contributed by atoms with Gasteiger partial charge in [-0.3, -0.25) is 32.5 Å². The van der Waals surface area contributed by atoms with Crippen LogP contribution in [-0.2, 0) is 55.8 Å². The van der Waals surface area contributed by atoms with Crippen LogP contribution in [-0.4, -0.2) is 95.9 Å². The Labute approximate surface area is 505 Å². The van der Waals surface area contributed by atoms with Gasteiger partial charge < -0.3 is 34.2 Å². The van der Waals surface area contributed by atoms with Crippen LogP contribution in [0.15, 0.2) is 36.5 Å². The molecule has 0 radical (unpaired) electrons. The molecular formula is C65H122O16P2. The van der Waals surface area contributed by atoms with E-state index < -0.39 is 91.5 Å². The number of allylic oxidation sites excluding steroid dienone is 6. The summed E-state index contributed by atoms with van der Waals surface area (Å²) in [5.74, 6) is -1.56. The van der Waals surface area contributed by atoms with Gasteiger partial charge in [0.15, 0.2) is 6.10 Å². The molecule has 0 spiro atoms. The Morgan fingerprint density at radius 3 is 1.01 bits per heavy atom. The SMILES string of the molecule is CC/C=C\C/C=C\C/C=C\CCCCCCCCCC(=O)OCC(O)COP(=O)(O)OCC(O)COP(=O)(O)OCC(COC(=O)CCCCCCCCCCCCCCCCC)OC(=O)CCCCCCCCCCCCCCCCC. The number of hydrogen-bond donors (Lipinski definition) is 4. The fraction of sp³-hybridized carbons (Fsp3) is 0.862. The molecule has 0 saturated heterocycles. The summed E-state index contributed by atoms with van der Waals surface area (Å²) < 4.78 is 60.8. The van der Waals surface area contributed by atoms with Gasteiger partial charge >= 0.3 is 33.6 Å². The smallest absolute Gasteiger partial charge is 0.463 e. The molecule has 488 valence electrons. The van der Waals surface area contributed by atoms with Gasteiger partial charge in [0.1, 0.15) is 25.4 Å². The lowest BCUT2D eigenvalue weighted by Gasteiger charge is -2.21. The summed E-state index contributed by atoms with van der Waals surface area (Å²) >= 11 is 0. The van der Waals surface area contributed by atoms with E-state index in [0.717, 1.165) is 103 Å². The number of ether oxygens (including phenoxy) is 3. The molecule has 5 unspecified atom stereocenters. The number of unbranched alkanes of at least 4 members (excludes halogenated alkanes) is 35. The van der Waals surface area contributed by atoms with Crippen LogP contribution < -0.4 is 0 Å². The lowest BCUT2D eigenvalue weighted by Crippen LogP contribution is -2.30. The first-order valence-electron chi connectivity index (χ1n) is 33.3. The molecule has 0 rings (SSSR count). The molecule has 5 atom stereocenters. The van der Waals surface area contributed by atoms with Crippen molar-refractivity contribution < 1.29 is 75.8 Å². The van der Waals surface area contributed by atoms with Crippen LogP contribution in [0.5, 0.6) is 0 Å². The predicted octanol–water partition coefficient (Wildman–Crippen LogP) is 17.9. The van der Waals surface area contributed by atoms with Gasteiger partial charge in [0.25, 0.3) is 0 Å². The minimum Gasteiger partial charge on any atom is -0.463 e. The van der Waals surface area contributed by atoms with E-state index in [4.69, 9.17) is 32.3 Å². The van der Waals surface area contributed by atoms with Crippen LogP contribution in [0.25, 0.3) is 0 Å². The average molecular weight is 1220 g/mol. The monoisotopic (exact) mass is 1220 g/mol. The summed E-state index contributed by atoms with van der Waals surface area (Å²) in [5.41, 5.74) is 0. The van der Waals surface area contributed by atoms with Gasteiger partial charge in [0.2, 0.25) is 0 Å². The first-order valence-corrected chi connectivity index (χ1v) is 36.3. The second kappa shape index (κ2) is 60.1. The van der Waals surface area contributed by atoms with Crippen LogP contribution >= 0.6 is 15.6 Å². The minimum atomic E-state index is -4.91. The number of rotatable bonds is 64. The second-order valence-electron chi connectivity index (χ2n) is 22.6. The molecule has 0 bridgehead atoms. The Bertz CT molecular complexity index is 1680. The Morgan fingerprint density at radius 2 is 0.639 bits per heavy atom. The molecule has 0 aliphatic carbocycles. The molecule has 0 aromatic rings. The maximum absolute atomic E-state index is 12.9. The van der Waals surface area contributed by atoms with Crippen LogP contribution in [0.2, 0.25) is 0 Å². The zero-order chi connectivity index (χ0) is 61.0. The van der Waals surface area contributed by atoms with Gasteiger partial charge in [-0.2, -0.15) is 0 Å². The average Bonchev–Trinajstić information content (AvgIpc) is 3.47. The summed E-state index contributed by atoms with van der Waals surface area (Å²) in [7, 11) is -9.75. The van der Waals surface area contributed by atoms with E-state index in [9.17, 15) is 43.5 Å². The molecule has 18 heteroatoms. The standard InChI is InChI=1S/C65H122O16P2/c1-4-7-10-13-16-19-22-25-28-29-32-34-36-39-42-45-48-51-63(68)75-54-60(66)55-77-82(71,72)78-56-61(67)57-79-83(73,74)80-59-62(81-65(70)53-50-47-44-41-38-35-31-27-24-21-18-15-12-9-6-3)58-76-64(69)52-49-46-43-40-37-33-30-26-23-20-17-14-11-8-5-2/h7,10,16,19,25,28,60-62,66-67H,4-6,8-9,11-15,17-18,20-24,26-27,29-59H2,1-3H3,(H,71,72)(H,73,74)/b10-7-,19-16-,28-25-. The lowest BCUT2D eigenvalue weighted by molar-refractivity contribution is -0.161. The Hall–Kier alpha value is -2.23. The highest BCUT2D eigenvalue weighted by Crippen LogP contribution is 2.45. The fourth-order valence-corrected chi connectivity index (χ4v) is 10.9. The molecular weight excluding hydrogens is 1100 g/mol. The number of carbonyl (C=O) groups is 3. The highest BCUT2D eigenvalue weighted by atomic mass is 31.2. The van der Waals surface area contributed by atoms with E-state index in [-0.39, 0.29) is 19.3 Å². The molecule has 0 aromatic heterocycles. The maximum atomic E-state index is 12.9. The topological polar surface area (TPSA) is 231 Å². The number of phosphoric ester groups is 2. The second-order valence-corrected chi connectivity index (χ2v) is 25.5. The largest absolute Gasteiger partial charge is 0.472 e. The van der Waals surface area contributed by atoms with E-state index in [0.29, 0.717) is 19.3 Å². The van der Waals surface area contributed by atoms with Crippen molar-refractivity contribution in [3.05, 3.63) is 36.5 Å². The van der Waals surface area contributed by atoms with Crippen molar-refractivity contribution in [1.29, 1.82) is 0 Å². The fourth-order valence-electron chi connectivity index (χ4n) is 9.29. The van der Waals surface area contributed by atoms with Crippen LogP contribution in [0.3, 0.4) is 0 Å². The predicted molar refractivity (Wildman–Crippen MR) is 335 cm³/mol. The van der Waals surface area contributed by atoms with Gasteiger partial charge in [-0.15, -0.1) is 0 Å². The first kappa shape index (κ1) is 80.8. The normalized spacial score (nSPS) is 14.5. The molecule has 0 aliphatic heterocycles. The van der Waals surface area contributed by atoms with Crippen molar-refractivity contribution in [2.75, 3.05) is 39.6 Å². The van der Waals surface area contributed by atoms with Gasteiger partial charge in [-0.05, 0) is 51.4 Å². The Kier molecular flexibility index (Phi) is 58.5. The Morgan fingerprint density at radius 1 is 0.349 bits per heavy atom. The van der Waals surface area contributed by atoms with Crippen LogP contribution in [0, 0.1) is 0 Å². The molecule has 4 N–H and O–H groups in total. The highest BCUT2D eigenvalue weighted by molar-refractivity contribution is 7.47. The highest BCUT2D eigenvalue weighted by Gasteiger charge is 2.29. The van der Waals surface area contributed by atoms with Gasteiger partial charge in [-0.25, -0.2) is 9.13 Å². The number of phosphoric acid groups is 2. The van der Waals surface area contributed by atoms with E-state index in [2.05, 4.69) is 57.2 Å². The first-order chi connectivity index (χ1) is 40.2. The van der Waals surface area contributed by atoms with Crippen molar-refractivity contribution in [3.63, 3.8) is 0 Å². The molecule has 83 heavy (non-hydrogen) atoms. The third kappa shape index (κ3) is 61.2. The Balaban J connectivity index is 4.64. The summed E-state index contributed by atoms with van der Waals surface area (Å²) in [4.78, 5) is 58.3. The molecule has 0 heterocycles. The van der Waals surface area contributed by atoms with E-state index in [1.165, 1.54) is 141 Å². The summed E-state index contributed by atoms with van der Waals surface area (Å²) in [6.07, 6.45) is 56.2. The van der Waals surface area contributed by atoms with Crippen LogP contribution in [0.1, 0.15) is 303 Å². The molecule has 0 amide bonds. The van der Waals surface area contributed by atoms with Gasteiger partial charge in [0, 0.05) is 19.3 Å².